The molecule has 1 heterocycles. The third kappa shape index (κ3) is 3.85. The van der Waals surface area contributed by atoms with Crippen LogP contribution in [-0.2, 0) is 4.74 Å². The van der Waals surface area contributed by atoms with Gasteiger partial charge in [-0.25, -0.2) is 9.59 Å². The molecule has 1 aliphatic rings. The molecule has 0 aliphatic carbocycles. The fourth-order valence-corrected chi connectivity index (χ4v) is 1.50. The minimum absolute atomic E-state index is 0.0143. The number of hydrogen-bond donors (Lipinski definition) is 0. The third-order valence-corrected chi connectivity index (χ3v) is 2.80. The molecule has 0 unspecified atom stereocenters. The van der Waals surface area contributed by atoms with Gasteiger partial charge in [-0.1, -0.05) is 6.07 Å². The summed E-state index contributed by atoms with van der Waals surface area (Å²) >= 11 is 0. The van der Waals surface area contributed by atoms with Crippen LogP contribution in [0.1, 0.15) is 11.7 Å². The molecule has 2 rings (SSSR count). The van der Waals surface area contributed by atoms with Gasteiger partial charge in [-0.2, -0.15) is 0 Å². The summed E-state index contributed by atoms with van der Waals surface area (Å²) in [6.45, 7) is 0.637. The second-order valence-corrected chi connectivity index (χ2v) is 5.05. The minimum atomic E-state index is -0.550. The van der Waals surface area contributed by atoms with Crippen LogP contribution < -0.4 is 9.47 Å². The van der Waals surface area contributed by atoms with Crippen LogP contribution in [0.3, 0.4) is 0 Å². The highest BCUT2D eigenvalue weighted by molar-refractivity contribution is 5.74. The first-order chi connectivity index (χ1) is 9.88. The first-order valence-electron chi connectivity index (χ1n) is 6.42. The van der Waals surface area contributed by atoms with E-state index in [1.54, 1.807) is 46.4 Å². The Balaban J connectivity index is 2.25. The Morgan fingerprint density at radius 1 is 1.05 bits per heavy atom. The summed E-state index contributed by atoms with van der Waals surface area (Å²) in [6.07, 6.45) is -1.08. The van der Waals surface area contributed by atoms with E-state index >= 15 is 0 Å². The monoisotopic (exact) mass is 294 g/mol. The van der Waals surface area contributed by atoms with Crippen molar-refractivity contribution in [2.45, 2.75) is 6.10 Å². The zero-order valence-corrected chi connectivity index (χ0v) is 12.5. The molecule has 0 spiro atoms. The second kappa shape index (κ2) is 6.01. The number of epoxide rings is 1. The Morgan fingerprint density at radius 3 is 2.05 bits per heavy atom. The van der Waals surface area contributed by atoms with E-state index in [-0.39, 0.29) is 17.6 Å². The number of hydrogen-bond acceptors (Lipinski definition) is 5. The molecule has 1 aromatic carbocycles. The standard InChI is InChI=1S/C14H18N2O5/c1-15(2)13(17)20-10-6-5-9(12-8-19-12)7-11(10)21-14(18)16(3)4/h5-7,12H,8H2,1-4H3/t12-/m0/s1. The van der Waals surface area contributed by atoms with Crippen LogP contribution in [0.2, 0.25) is 0 Å². The topological polar surface area (TPSA) is 71.6 Å². The molecule has 1 aliphatic heterocycles. The summed E-state index contributed by atoms with van der Waals surface area (Å²) in [7, 11) is 6.28. The predicted octanol–water partition coefficient (Wildman–Crippen LogP) is 1.88. The summed E-state index contributed by atoms with van der Waals surface area (Å²) in [5.41, 5.74) is 0.876. The van der Waals surface area contributed by atoms with Gasteiger partial charge < -0.3 is 24.0 Å². The maximum Gasteiger partial charge on any atom is 0.414 e. The zero-order chi connectivity index (χ0) is 15.6. The number of carbonyl (C=O) groups excluding carboxylic acids is 2. The molecule has 0 radical (unpaired) electrons. The SMILES string of the molecule is CN(C)C(=O)Oc1ccc([C@@H]2CO2)cc1OC(=O)N(C)C. The molecule has 1 aromatic rings. The molecule has 1 fully saturated rings. The van der Waals surface area contributed by atoms with Crippen molar-refractivity contribution in [1.29, 1.82) is 0 Å². The lowest BCUT2D eigenvalue weighted by Gasteiger charge is -2.16. The maximum atomic E-state index is 11.7. The Hall–Kier alpha value is -2.28. The molecule has 0 saturated carbocycles. The molecule has 2 amide bonds. The number of nitrogens with zero attached hydrogens (tertiary/aromatic N) is 2. The van der Waals surface area contributed by atoms with E-state index in [9.17, 15) is 9.59 Å². The van der Waals surface area contributed by atoms with Crippen molar-refractivity contribution in [1.82, 2.24) is 9.80 Å². The fraction of sp³-hybridized carbons (Fsp3) is 0.429. The van der Waals surface area contributed by atoms with Crippen LogP contribution in [0.5, 0.6) is 11.5 Å². The van der Waals surface area contributed by atoms with E-state index in [1.807, 2.05) is 0 Å². The molecular formula is C14H18N2O5. The van der Waals surface area contributed by atoms with Crippen LogP contribution >= 0.6 is 0 Å². The smallest absolute Gasteiger partial charge is 0.406 e. The van der Waals surface area contributed by atoms with Crippen LogP contribution in [0, 0.1) is 0 Å². The van der Waals surface area contributed by atoms with Crippen LogP contribution in [0.4, 0.5) is 9.59 Å². The van der Waals surface area contributed by atoms with Crippen molar-refractivity contribution in [3.05, 3.63) is 23.8 Å². The highest BCUT2D eigenvalue weighted by Crippen LogP contribution is 2.36. The van der Waals surface area contributed by atoms with Gasteiger partial charge in [-0.3, -0.25) is 0 Å². The summed E-state index contributed by atoms with van der Waals surface area (Å²) in [4.78, 5) is 25.9. The van der Waals surface area contributed by atoms with Gasteiger partial charge in [0.1, 0.15) is 6.10 Å². The molecule has 1 atom stereocenters. The van der Waals surface area contributed by atoms with Gasteiger partial charge in [0.2, 0.25) is 0 Å². The minimum Gasteiger partial charge on any atom is -0.406 e. The lowest BCUT2D eigenvalue weighted by Crippen LogP contribution is -2.27. The number of amides is 2. The van der Waals surface area contributed by atoms with E-state index < -0.39 is 12.2 Å². The summed E-state index contributed by atoms with van der Waals surface area (Å²) in [5.74, 6) is 0.380. The van der Waals surface area contributed by atoms with Gasteiger partial charge in [0.05, 0.1) is 6.61 Å². The summed E-state index contributed by atoms with van der Waals surface area (Å²) < 4.78 is 15.6. The lowest BCUT2D eigenvalue weighted by molar-refractivity contribution is 0.161. The van der Waals surface area contributed by atoms with Crippen molar-refractivity contribution in [2.24, 2.45) is 0 Å². The van der Waals surface area contributed by atoms with Gasteiger partial charge in [-0.05, 0) is 17.7 Å². The Labute approximate surface area is 123 Å². The first kappa shape index (κ1) is 15.1. The molecule has 21 heavy (non-hydrogen) atoms. The lowest BCUT2D eigenvalue weighted by atomic mass is 10.1. The molecular weight excluding hydrogens is 276 g/mol. The molecule has 0 bridgehead atoms. The van der Waals surface area contributed by atoms with Crippen molar-refractivity contribution < 1.29 is 23.8 Å². The van der Waals surface area contributed by atoms with Gasteiger partial charge in [0, 0.05) is 28.2 Å². The van der Waals surface area contributed by atoms with Crippen LogP contribution in [0.25, 0.3) is 0 Å². The molecule has 114 valence electrons. The van der Waals surface area contributed by atoms with Gasteiger partial charge >= 0.3 is 12.2 Å². The number of ether oxygens (including phenoxy) is 3. The predicted molar refractivity (Wildman–Crippen MR) is 74.6 cm³/mol. The molecule has 7 heteroatoms. The average molecular weight is 294 g/mol. The quantitative estimate of drug-likeness (QED) is 0.796. The molecule has 7 nitrogen and oxygen atoms in total. The number of rotatable bonds is 3. The zero-order valence-electron chi connectivity index (χ0n) is 12.5. The van der Waals surface area contributed by atoms with Crippen molar-refractivity contribution in [3.8, 4) is 11.5 Å². The van der Waals surface area contributed by atoms with Crippen LogP contribution in [0.15, 0.2) is 18.2 Å². The Bertz CT molecular complexity index is 552. The van der Waals surface area contributed by atoms with Gasteiger partial charge in [0.15, 0.2) is 11.5 Å². The van der Waals surface area contributed by atoms with Crippen molar-refractivity contribution >= 4 is 12.2 Å². The second-order valence-electron chi connectivity index (χ2n) is 5.05. The van der Waals surface area contributed by atoms with Gasteiger partial charge in [0.25, 0.3) is 0 Å². The normalized spacial score (nSPS) is 16.1. The highest BCUT2D eigenvalue weighted by Gasteiger charge is 2.27. The highest BCUT2D eigenvalue weighted by atomic mass is 16.6. The molecule has 0 N–H and O–H groups in total. The summed E-state index contributed by atoms with van der Waals surface area (Å²) in [6, 6.07) is 5.02. The third-order valence-electron chi connectivity index (χ3n) is 2.80. The van der Waals surface area contributed by atoms with E-state index in [2.05, 4.69) is 0 Å². The molecule has 0 aromatic heterocycles. The Morgan fingerprint density at radius 2 is 1.57 bits per heavy atom. The van der Waals surface area contributed by atoms with Crippen LogP contribution in [-0.4, -0.2) is 56.8 Å². The fourth-order valence-electron chi connectivity index (χ4n) is 1.50. The first-order valence-corrected chi connectivity index (χ1v) is 6.42. The summed E-state index contributed by atoms with van der Waals surface area (Å²) in [5, 5.41) is 0. The van der Waals surface area contributed by atoms with Gasteiger partial charge in [-0.15, -0.1) is 0 Å². The van der Waals surface area contributed by atoms with E-state index in [4.69, 9.17) is 14.2 Å². The van der Waals surface area contributed by atoms with E-state index in [1.165, 1.54) is 9.80 Å². The Kier molecular flexibility index (Phi) is 4.32. The van der Waals surface area contributed by atoms with Crippen molar-refractivity contribution in [2.75, 3.05) is 34.8 Å². The number of carbonyl (C=O) groups is 2. The van der Waals surface area contributed by atoms with E-state index in [0.717, 1.165) is 5.56 Å². The van der Waals surface area contributed by atoms with E-state index in [0.29, 0.717) is 6.61 Å². The largest absolute Gasteiger partial charge is 0.414 e. The average Bonchev–Trinajstić information content (AvgIpc) is 3.24. The molecule has 1 saturated heterocycles. The van der Waals surface area contributed by atoms with Crippen molar-refractivity contribution in [3.63, 3.8) is 0 Å². The number of benzene rings is 1. The maximum absolute atomic E-state index is 11.7.